The largest absolute Gasteiger partial charge is 0.481 e. The monoisotopic (exact) mass is 251 g/mol. The summed E-state index contributed by atoms with van der Waals surface area (Å²) >= 11 is 0. The molecule has 1 heterocycles. The van der Waals surface area contributed by atoms with Gasteiger partial charge < -0.3 is 15.2 Å². The number of anilines is 1. The van der Waals surface area contributed by atoms with Crippen molar-refractivity contribution in [3.63, 3.8) is 0 Å². The van der Waals surface area contributed by atoms with Gasteiger partial charge in [-0.2, -0.15) is 4.98 Å². The summed E-state index contributed by atoms with van der Waals surface area (Å²) in [5.74, 6) is 0.320. The van der Waals surface area contributed by atoms with E-state index in [9.17, 15) is 4.79 Å². The van der Waals surface area contributed by atoms with Crippen molar-refractivity contribution in [2.75, 3.05) is 19.0 Å². The van der Waals surface area contributed by atoms with Gasteiger partial charge in [0, 0.05) is 6.54 Å². The summed E-state index contributed by atoms with van der Waals surface area (Å²) in [6.07, 6.45) is 6.33. The second kappa shape index (κ2) is 5.20. The van der Waals surface area contributed by atoms with E-state index >= 15 is 0 Å². The van der Waals surface area contributed by atoms with Gasteiger partial charge in [0.15, 0.2) is 0 Å². The molecule has 6 nitrogen and oxygen atoms in total. The number of aliphatic carboxylic acids is 1. The molecule has 1 aliphatic carbocycles. The number of aromatic nitrogens is 2. The second-order valence-electron chi connectivity index (χ2n) is 4.72. The van der Waals surface area contributed by atoms with Crippen molar-refractivity contribution >= 4 is 11.8 Å². The standard InChI is InChI=1S/C12H17N3O3/c1-18-10-7-13-6-9(15-10)14-8-12(3-2-4-12)5-11(16)17/h6-7H,2-5,8H2,1H3,(H,14,15)(H,16,17). The van der Waals surface area contributed by atoms with Crippen LogP contribution in [0, 0.1) is 5.41 Å². The molecule has 0 aromatic carbocycles. The van der Waals surface area contributed by atoms with Crippen LogP contribution in [0.3, 0.4) is 0 Å². The lowest BCUT2D eigenvalue weighted by Crippen LogP contribution is -2.38. The molecule has 0 bridgehead atoms. The van der Waals surface area contributed by atoms with Gasteiger partial charge >= 0.3 is 5.97 Å². The molecular weight excluding hydrogens is 234 g/mol. The van der Waals surface area contributed by atoms with E-state index < -0.39 is 5.97 Å². The van der Waals surface area contributed by atoms with Crippen LogP contribution < -0.4 is 10.1 Å². The SMILES string of the molecule is COc1cncc(NCC2(CC(=O)O)CCC2)n1. The van der Waals surface area contributed by atoms with Gasteiger partial charge in [-0.25, -0.2) is 0 Å². The first-order chi connectivity index (χ1) is 8.63. The number of rotatable bonds is 6. The number of ether oxygens (including phenoxy) is 1. The van der Waals surface area contributed by atoms with Gasteiger partial charge in [0.2, 0.25) is 5.88 Å². The molecule has 1 fully saturated rings. The number of carboxylic acid groups (broad SMARTS) is 1. The quantitative estimate of drug-likeness (QED) is 0.797. The molecule has 0 amide bonds. The molecule has 2 N–H and O–H groups in total. The number of nitrogens with zero attached hydrogens (tertiary/aromatic N) is 2. The fourth-order valence-electron chi connectivity index (χ4n) is 2.22. The van der Waals surface area contributed by atoms with Crippen LogP contribution in [0.25, 0.3) is 0 Å². The molecule has 0 aliphatic heterocycles. The molecule has 0 radical (unpaired) electrons. The Bertz CT molecular complexity index is 432. The molecule has 0 saturated heterocycles. The van der Waals surface area contributed by atoms with Crippen molar-refractivity contribution in [2.45, 2.75) is 25.7 Å². The maximum absolute atomic E-state index is 10.8. The van der Waals surface area contributed by atoms with E-state index in [1.807, 2.05) is 0 Å². The summed E-state index contributed by atoms with van der Waals surface area (Å²) in [4.78, 5) is 19.0. The summed E-state index contributed by atoms with van der Waals surface area (Å²) in [5.41, 5.74) is -0.128. The third-order valence-electron chi connectivity index (χ3n) is 3.41. The molecule has 0 atom stereocenters. The Kier molecular flexibility index (Phi) is 3.64. The van der Waals surface area contributed by atoms with Crippen LogP contribution in [0.15, 0.2) is 12.4 Å². The maximum Gasteiger partial charge on any atom is 0.303 e. The van der Waals surface area contributed by atoms with Crippen LogP contribution in [-0.4, -0.2) is 34.7 Å². The van der Waals surface area contributed by atoms with Gasteiger partial charge in [-0.05, 0) is 18.3 Å². The first-order valence-corrected chi connectivity index (χ1v) is 5.95. The number of hydrogen-bond acceptors (Lipinski definition) is 5. The van der Waals surface area contributed by atoms with E-state index in [0.717, 1.165) is 19.3 Å². The van der Waals surface area contributed by atoms with Crippen LogP contribution in [-0.2, 0) is 4.79 Å². The molecule has 1 aromatic rings. The number of nitrogens with one attached hydrogen (secondary N) is 1. The summed E-state index contributed by atoms with van der Waals surface area (Å²) in [5, 5.41) is 12.1. The zero-order chi connectivity index (χ0) is 13.0. The first kappa shape index (κ1) is 12.6. The van der Waals surface area contributed by atoms with E-state index in [1.54, 1.807) is 6.20 Å². The first-order valence-electron chi connectivity index (χ1n) is 5.95. The van der Waals surface area contributed by atoms with Crippen LogP contribution >= 0.6 is 0 Å². The lowest BCUT2D eigenvalue weighted by molar-refractivity contribution is -0.141. The highest BCUT2D eigenvalue weighted by Gasteiger charge is 2.38. The molecule has 6 heteroatoms. The molecule has 98 valence electrons. The molecule has 1 aliphatic rings. The van der Waals surface area contributed by atoms with Gasteiger partial charge in [0.25, 0.3) is 0 Å². The van der Waals surface area contributed by atoms with E-state index in [0.29, 0.717) is 18.2 Å². The summed E-state index contributed by atoms with van der Waals surface area (Å²) < 4.78 is 4.98. The molecule has 0 unspecified atom stereocenters. The van der Waals surface area contributed by atoms with E-state index in [2.05, 4.69) is 15.3 Å². The van der Waals surface area contributed by atoms with E-state index in [4.69, 9.17) is 9.84 Å². The highest BCUT2D eigenvalue weighted by Crippen LogP contribution is 2.43. The average Bonchev–Trinajstić information content (AvgIpc) is 2.32. The minimum Gasteiger partial charge on any atom is -0.481 e. The van der Waals surface area contributed by atoms with Crippen molar-refractivity contribution in [1.82, 2.24) is 9.97 Å². The maximum atomic E-state index is 10.8. The topological polar surface area (TPSA) is 84.3 Å². The van der Waals surface area contributed by atoms with Crippen molar-refractivity contribution < 1.29 is 14.6 Å². The predicted octanol–water partition coefficient (Wildman–Crippen LogP) is 1.54. The Labute approximate surface area is 105 Å². The third kappa shape index (κ3) is 2.88. The van der Waals surface area contributed by atoms with Gasteiger partial charge in [-0.15, -0.1) is 0 Å². The summed E-state index contributed by atoms with van der Waals surface area (Å²) in [6.45, 7) is 0.612. The third-order valence-corrected chi connectivity index (χ3v) is 3.41. The normalized spacial score (nSPS) is 16.7. The summed E-state index contributed by atoms with van der Waals surface area (Å²) in [7, 11) is 1.53. The smallest absolute Gasteiger partial charge is 0.303 e. The number of carboxylic acids is 1. The molecule has 0 spiro atoms. The Morgan fingerprint density at radius 2 is 2.33 bits per heavy atom. The lowest BCUT2D eigenvalue weighted by atomic mass is 9.66. The van der Waals surface area contributed by atoms with Gasteiger partial charge in [0.1, 0.15) is 5.82 Å². The highest BCUT2D eigenvalue weighted by atomic mass is 16.5. The molecule has 1 saturated carbocycles. The number of carbonyl (C=O) groups is 1. The van der Waals surface area contributed by atoms with Crippen LogP contribution in [0.1, 0.15) is 25.7 Å². The van der Waals surface area contributed by atoms with Crippen LogP contribution in [0.5, 0.6) is 5.88 Å². The fourth-order valence-corrected chi connectivity index (χ4v) is 2.22. The average molecular weight is 251 g/mol. The Morgan fingerprint density at radius 1 is 1.56 bits per heavy atom. The number of methoxy groups -OCH3 is 1. The fraction of sp³-hybridized carbons (Fsp3) is 0.583. The summed E-state index contributed by atoms with van der Waals surface area (Å²) in [6, 6.07) is 0. The zero-order valence-electron chi connectivity index (χ0n) is 10.3. The Morgan fingerprint density at radius 3 is 2.89 bits per heavy atom. The molecule has 1 aromatic heterocycles. The highest BCUT2D eigenvalue weighted by molar-refractivity contribution is 5.68. The molecule has 18 heavy (non-hydrogen) atoms. The van der Waals surface area contributed by atoms with Gasteiger partial charge in [0.05, 0.1) is 25.9 Å². The van der Waals surface area contributed by atoms with E-state index in [1.165, 1.54) is 13.3 Å². The van der Waals surface area contributed by atoms with Crippen molar-refractivity contribution in [3.05, 3.63) is 12.4 Å². The van der Waals surface area contributed by atoms with Crippen molar-refractivity contribution in [3.8, 4) is 5.88 Å². The Balaban J connectivity index is 1.95. The van der Waals surface area contributed by atoms with Crippen LogP contribution in [0.4, 0.5) is 5.82 Å². The van der Waals surface area contributed by atoms with Gasteiger partial charge in [-0.3, -0.25) is 9.78 Å². The van der Waals surface area contributed by atoms with Crippen molar-refractivity contribution in [2.24, 2.45) is 5.41 Å². The molecule has 2 rings (SSSR count). The van der Waals surface area contributed by atoms with Gasteiger partial charge in [-0.1, -0.05) is 6.42 Å². The second-order valence-corrected chi connectivity index (χ2v) is 4.72. The Hall–Kier alpha value is -1.85. The minimum atomic E-state index is -0.742. The van der Waals surface area contributed by atoms with Crippen molar-refractivity contribution in [1.29, 1.82) is 0 Å². The molecular formula is C12H17N3O3. The lowest BCUT2D eigenvalue weighted by Gasteiger charge is -2.40. The van der Waals surface area contributed by atoms with E-state index in [-0.39, 0.29) is 11.8 Å². The predicted molar refractivity (Wildman–Crippen MR) is 65.6 cm³/mol. The van der Waals surface area contributed by atoms with Crippen LogP contribution in [0.2, 0.25) is 0 Å². The zero-order valence-corrected chi connectivity index (χ0v) is 10.3. The number of hydrogen-bond donors (Lipinski definition) is 2. The minimum absolute atomic E-state index is 0.128.